The molecule has 0 saturated carbocycles. The Kier molecular flexibility index (Phi) is 4.04. The zero-order chi connectivity index (χ0) is 15.7. The number of sulfonamides is 1. The first kappa shape index (κ1) is 15.2. The summed E-state index contributed by atoms with van der Waals surface area (Å²) in [5, 5.41) is 5.13. The number of nitrogens with two attached hydrogens (primary N) is 1. The first-order valence-electron chi connectivity index (χ1n) is 6.75. The third-order valence-corrected chi connectivity index (χ3v) is 5.04. The molecule has 0 atom stereocenters. The van der Waals surface area contributed by atoms with Gasteiger partial charge in [0.05, 0.1) is 4.90 Å². The van der Waals surface area contributed by atoms with E-state index in [0.29, 0.717) is 0 Å². The van der Waals surface area contributed by atoms with Gasteiger partial charge in [-0.15, -0.1) is 0 Å². The highest BCUT2D eigenvalue weighted by Crippen LogP contribution is 2.36. The van der Waals surface area contributed by atoms with Crippen LogP contribution in [0.4, 0.5) is 0 Å². The summed E-state index contributed by atoms with van der Waals surface area (Å²) in [6.07, 6.45) is 5.19. The quantitative estimate of drug-likeness (QED) is 0.881. The molecule has 0 aromatic heterocycles. The van der Waals surface area contributed by atoms with Crippen LogP contribution in [0.3, 0.4) is 0 Å². The van der Waals surface area contributed by atoms with Crippen LogP contribution in [-0.4, -0.2) is 8.42 Å². The Hall–Kier alpha value is -1.69. The van der Waals surface area contributed by atoms with Gasteiger partial charge in [-0.2, -0.15) is 0 Å². The molecule has 0 aliphatic heterocycles. The molecule has 2 aromatic rings. The summed E-state index contributed by atoms with van der Waals surface area (Å²) < 4.78 is 23.7. The van der Waals surface area contributed by atoms with Gasteiger partial charge in [0.2, 0.25) is 10.0 Å². The molecular formula is C17H14BrNO2S. The van der Waals surface area contributed by atoms with Crippen molar-refractivity contribution in [2.45, 2.75) is 11.3 Å². The van der Waals surface area contributed by atoms with Crippen LogP contribution in [0.2, 0.25) is 0 Å². The van der Waals surface area contributed by atoms with E-state index in [1.165, 1.54) is 0 Å². The van der Waals surface area contributed by atoms with Crippen molar-refractivity contribution in [3.05, 3.63) is 76.3 Å². The van der Waals surface area contributed by atoms with Gasteiger partial charge in [0, 0.05) is 4.47 Å². The van der Waals surface area contributed by atoms with Crippen molar-refractivity contribution in [1.29, 1.82) is 0 Å². The third kappa shape index (κ3) is 3.06. The van der Waals surface area contributed by atoms with E-state index in [-0.39, 0.29) is 4.90 Å². The van der Waals surface area contributed by atoms with Gasteiger partial charge >= 0.3 is 0 Å². The first-order valence-corrected chi connectivity index (χ1v) is 9.09. The molecule has 1 aliphatic carbocycles. The van der Waals surface area contributed by atoms with E-state index in [4.69, 9.17) is 5.14 Å². The van der Waals surface area contributed by atoms with Crippen LogP contribution in [0.5, 0.6) is 0 Å². The minimum atomic E-state index is -3.65. The molecule has 5 heteroatoms. The fourth-order valence-electron chi connectivity index (χ4n) is 2.51. The number of allylic oxidation sites excluding steroid dienone is 4. The topological polar surface area (TPSA) is 60.2 Å². The van der Waals surface area contributed by atoms with Crippen molar-refractivity contribution in [1.82, 2.24) is 0 Å². The Balaban J connectivity index is 1.95. The van der Waals surface area contributed by atoms with Gasteiger partial charge in [0.15, 0.2) is 0 Å². The highest BCUT2D eigenvalue weighted by Gasteiger charge is 2.15. The van der Waals surface area contributed by atoms with Crippen molar-refractivity contribution in [2.75, 3.05) is 0 Å². The van der Waals surface area contributed by atoms with Crippen LogP contribution >= 0.6 is 15.9 Å². The molecule has 112 valence electrons. The first-order chi connectivity index (χ1) is 10.4. The summed E-state index contributed by atoms with van der Waals surface area (Å²) in [5.74, 6) is 0. The van der Waals surface area contributed by atoms with Crippen molar-refractivity contribution >= 4 is 37.1 Å². The molecule has 3 nitrogen and oxygen atoms in total. The number of rotatable bonds is 3. The number of primary sulfonamides is 1. The van der Waals surface area contributed by atoms with E-state index < -0.39 is 10.0 Å². The molecule has 22 heavy (non-hydrogen) atoms. The zero-order valence-corrected chi connectivity index (χ0v) is 14.1. The Morgan fingerprint density at radius 2 is 1.27 bits per heavy atom. The summed E-state index contributed by atoms with van der Waals surface area (Å²) in [7, 11) is -3.65. The highest BCUT2D eigenvalue weighted by molar-refractivity contribution is 9.10. The van der Waals surface area contributed by atoms with Crippen LogP contribution in [0, 0.1) is 0 Å². The van der Waals surface area contributed by atoms with Crippen LogP contribution < -0.4 is 5.14 Å². The minimum Gasteiger partial charge on any atom is -0.225 e. The predicted octanol–water partition coefficient (Wildman–Crippen LogP) is 3.97. The predicted molar refractivity (Wildman–Crippen MR) is 92.5 cm³/mol. The van der Waals surface area contributed by atoms with E-state index in [1.807, 2.05) is 12.1 Å². The van der Waals surface area contributed by atoms with Crippen molar-refractivity contribution in [2.24, 2.45) is 5.14 Å². The normalized spacial score (nSPS) is 14.6. The number of halogens is 1. The van der Waals surface area contributed by atoms with E-state index in [2.05, 4.69) is 40.2 Å². The van der Waals surface area contributed by atoms with E-state index in [9.17, 15) is 8.42 Å². The Labute approximate surface area is 138 Å². The Morgan fingerprint density at radius 1 is 0.818 bits per heavy atom. The maximum atomic E-state index is 11.3. The maximum absolute atomic E-state index is 11.3. The number of hydrogen-bond acceptors (Lipinski definition) is 2. The average molecular weight is 376 g/mol. The van der Waals surface area contributed by atoms with E-state index in [0.717, 1.165) is 33.2 Å². The maximum Gasteiger partial charge on any atom is 0.238 e. The number of benzene rings is 2. The van der Waals surface area contributed by atoms with Gasteiger partial charge in [0.1, 0.15) is 0 Å². The van der Waals surface area contributed by atoms with Crippen molar-refractivity contribution < 1.29 is 8.42 Å². The van der Waals surface area contributed by atoms with Gasteiger partial charge in [-0.1, -0.05) is 52.3 Å². The van der Waals surface area contributed by atoms with Crippen LogP contribution in [0.1, 0.15) is 17.5 Å². The lowest BCUT2D eigenvalue weighted by atomic mass is 9.95. The molecule has 0 radical (unpaired) electrons. The second-order valence-corrected chi connectivity index (χ2v) is 7.52. The standard InChI is InChI=1S/C17H14BrNO2S/c18-14-8-4-12(5-9-14)16-2-1-3-17(16)13-6-10-15(11-7-13)22(19,20)21/h2-11H,1H2,(H2,19,20,21). The monoisotopic (exact) mass is 375 g/mol. The van der Waals surface area contributed by atoms with Crippen molar-refractivity contribution in [3.8, 4) is 0 Å². The van der Waals surface area contributed by atoms with E-state index >= 15 is 0 Å². The van der Waals surface area contributed by atoms with Crippen LogP contribution in [-0.2, 0) is 10.0 Å². The lowest BCUT2D eigenvalue weighted by Crippen LogP contribution is -2.11. The van der Waals surface area contributed by atoms with Gasteiger partial charge < -0.3 is 0 Å². The van der Waals surface area contributed by atoms with E-state index in [1.54, 1.807) is 24.3 Å². The van der Waals surface area contributed by atoms with Crippen LogP contribution in [0.25, 0.3) is 11.1 Å². The second kappa shape index (κ2) is 5.83. The lowest BCUT2D eigenvalue weighted by molar-refractivity contribution is 0.598. The molecule has 0 unspecified atom stereocenters. The molecule has 1 aliphatic rings. The molecule has 0 spiro atoms. The largest absolute Gasteiger partial charge is 0.238 e. The lowest BCUT2D eigenvalue weighted by Gasteiger charge is -2.10. The van der Waals surface area contributed by atoms with Gasteiger partial charge in [-0.25, -0.2) is 13.6 Å². The average Bonchev–Trinajstić information content (AvgIpc) is 2.97. The summed E-state index contributed by atoms with van der Waals surface area (Å²) >= 11 is 3.44. The van der Waals surface area contributed by atoms with Crippen LogP contribution in [0.15, 0.2) is 70.1 Å². The van der Waals surface area contributed by atoms with Gasteiger partial charge in [0.25, 0.3) is 0 Å². The molecule has 2 aromatic carbocycles. The van der Waals surface area contributed by atoms with Gasteiger partial charge in [-0.3, -0.25) is 0 Å². The molecule has 0 saturated heterocycles. The summed E-state index contributed by atoms with van der Waals surface area (Å²) in [5.41, 5.74) is 4.40. The third-order valence-electron chi connectivity index (χ3n) is 3.58. The molecule has 2 N–H and O–H groups in total. The molecule has 0 amide bonds. The van der Waals surface area contributed by atoms with Crippen molar-refractivity contribution in [3.63, 3.8) is 0 Å². The molecule has 0 bridgehead atoms. The Bertz CT molecular complexity index is 864. The molecule has 3 rings (SSSR count). The summed E-state index contributed by atoms with van der Waals surface area (Å²) in [6.45, 7) is 0. The highest BCUT2D eigenvalue weighted by atomic mass is 79.9. The fraction of sp³-hybridized carbons (Fsp3) is 0.0588. The molecule has 0 fully saturated rings. The number of hydrogen-bond donors (Lipinski definition) is 1. The minimum absolute atomic E-state index is 0.129. The fourth-order valence-corrected chi connectivity index (χ4v) is 3.29. The zero-order valence-electron chi connectivity index (χ0n) is 11.7. The SMILES string of the molecule is NS(=O)(=O)c1ccc(C2=CCC=C2c2ccc(Br)cc2)cc1. The summed E-state index contributed by atoms with van der Waals surface area (Å²) in [6, 6.07) is 14.8. The molecular weight excluding hydrogens is 362 g/mol. The van der Waals surface area contributed by atoms with Gasteiger partial charge in [-0.05, 0) is 53.0 Å². The Morgan fingerprint density at radius 3 is 1.73 bits per heavy atom. The molecule has 0 heterocycles. The second-order valence-electron chi connectivity index (χ2n) is 5.05. The smallest absolute Gasteiger partial charge is 0.225 e. The summed E-state index contributed by atoms with van der Waals surface area (Å²) in [4.78, 5) is 0.129.